The van der Waals surface area contributed by atoms with Gasteiger partial charge < -0.3 is 4.74 Å². The number of methoxy groups -OCH3 is 1. The average molecular weight is 357 g/mol. The van der Waals surface area contributed by atoms with Gasteiger partial charge in [-0.2, -0.15) is 0 Å². The van der Waals surface area contributed by atoms with Crippen LogP contribution in [0.25, 0.3) is 5.57 Å². The van der Waals surface area contributed by atoms with Crippen molar-refractivity contribution < 1.29 is 9.53 Å². The quantitative estimate of drug-likeness (QED) is 0.499. The molecule has 25 heavy (non-hydrogen) atoms. The lowest BCUT2D eigenvalue weighted by Gasteiger charge is -2.34. The van der Waals surface area contributed by atoms with Gasteiger partial charge in [0.05, 0.1) is 20.7 Å². The molecule has 1 unspecified atom stereocenters. The van der Waals surface area contributed by atoms with Crippen molar-refractivity contribution in [2.75, 3.05) is 7.11 Å². The molecule has 2 aliphatic carbocycles. The van der Waals surface area contributed by atoms with Crippen molar-refractivity contribution in [2.24, 2.45) is 11.8 Å². The molecule has 0 amide bonds. The molecule has 0 aliphatic heterocycles. The van der Waals surface area contributed by atoms with Crippen molar-refractivity contribution in [1.29, 1.82) is 0 Å². The monoisotopic (exact) mass is 356 g/mol. The molecule has 0 radical (unpaired) electrons. The van der Waals surface area contributed by atoms with Crippen LogP contribution in [-0.2, 0) is 11.2 Å². The van der Waals surface area contributed by atoms with Crippen LogP contribution in [0.1, 0.15) is 60.5 Å². The van der Waals surface area contributed by atoms with Crippen LogP contribution in [0.4, 0.5) is 0 Å². The minimum absolute atomic E-state index is 0.234. The summed E-state index contributed by atoms with van der Waals surface area (Å²) in [6, 6.07) is 6.17. The van der Waals surface area contributed by atoms with Crippen LogP contribution in [0.5, 0.6) is 0 Å². The first-order chi connectivity index (χ1) is 11.8. The third-order valence-electron chi connectivity index (χ3n) is 6.21. The first-order valence-corrected chi connectivity index (χ1v) is 13.3. The highest BCUT2D eigenvalue weighted by molar-refractivity contribution is 6.84. The zero-order chi connectivity index (χ0) is 18.2. The minimum Gasteiger partial charge on any atom is -0.465 e. The molecular weight excluding hydrogens is 324 g/mol. The van der Waals surface area contributed by atoms with E-state index >= 15 is 0 Å². The van der Waals surface area contributed by atoms with Crippen LogP contribution >= 0.6 is 0 Å². The third-order valence-corrected chi connectivity index (χ3v) is 8.57. The Labute approximate surface area is 153 Å². The molecule has 1 fully saturated rings. The van der Waals surface area contributed by atoms with E-state index in [9.17, 15) is 4.79 Å². The maximum absolute atomic E-state index is 12.0. The minimum atomic E-state index is -1.44. The number of hydrogen-bond donors (Lipinski definition) is 0. The molecule has 1 aromatic carbocycles. The molecular formula is C22H32O2Si. The second kappa shape index (κ2) is 7.11. The van der Waals surface area contributed by atoms with Crippen LogP contribution in [0.2, 0.25) is 19.6 Å². The van der Waals surface area contributed by atoms with Gasteiger partial charge in [-0.25, -0.2) is 4.79 Å². The summed E-state index contributed by atoms with van der Waals surface area (Å²) in [5.41, 5.74) is 4.83. The van der Waals surface area contributed by atoms with Crippen molar-refractivity contribution in [3.05, 3.63) is 40.1 Å². The normalized spacial score (nSPS) is 21.9. The number of carbonyl (C=O) groups is 1. The van der Waals surface area contributed by atoms with Gasteiger partial charge in [0.15, 0.2) is 0 Å². The summed E-state index contributed by atoms with van der Waals surface area (Å²) >= 11 is 0. The maximum atomic E-state index is 12.0. The number of aryl methyl sites for hydroxylation is 1. The number of carbonyl (C=O) groups excluding carboxylic acids is 1. The first kappa shape index (κ1) is 18.4. The van der Waals surface area contributed by atoms with Gasteiger partial charge >= 0.3 is 5.97 Å². The lowest BCUT2D eigenvalue weighted by atomic mass is 9.86. The number of ether oxygens (including phenoxy) is 1. The molecule has 0 spiro atoms. The molecule has 3 heteroatoms. The van der Waals surface area contributed by atoms with Crippen LogP contribution in [0.3, 0.4) is 0 Å². The SMILES string of the molecule is COC(=O)c1ccc2c(c1)C(C)=C([Si](C)(C)C)C(C1CCCC1)CC2. The second-order valence-corrected chi connectivity index (χ2v) is 13.9. The first-order valence-electron chi connectivity index (χ1n) is 9.75. The van der Waals surface area contributed by atoms with E-state index in [1.807, 2.05) is 6.07 Å². The van der Waals surface area contributed by atoms with E-state index in [2.05, 4.69) is 38.7 Å². The lowest BCUT2D eigenvalue weighted by Crippen LogP contribution is -2.33. The Morgan fingerprint density at radius 2 is 1.80 bits per heavy atom. The Hall–Kier alpha value is -1.35. The van der Waals surface area contributed by atoms with Gasteiger partial charge in [0.1, 0.15) is 0 Å². The highest BCUT2D eigenvalue weighted by Gasteiger charge is 2.37. The average Bonchev–Trinajstić information content (AvgIpc) is 3.05. The molecule has 1 atom stereocenters. The Kier molecular flexibility index (Phi) is 5.24. The largest absolute Gasteiger partial charge is 0.465 e. The molecule has 0 N–H and O–H groups in total. The Bertz CT molecular complexity index is 690. The number of esters is 1. The van der Waals surface area contributed by atoms with Crippen molar-refractivity contribution in [2.45, 2.75) is 65.1 Å². The van der Waals surface area contributed by atoms with E-state index < -0.39 is 8.07 Å². The Balaban J connectivity index is 2.12. The molecule has 2 nitrogen and oxygen atoms in total. The number of allylic oxidation sites excluding steroid dienone is 2. The molecule has 1 aromatic rings. The highest BCUT2D eigenvalue weighted by Crippen LogP contribution is 2.46. The molecule has 0 heterocycles. The molecule has 1 saturated carbocycles. The van der Waals surface area contributed by atoms with Crippen molar-refractivity contribution >= 4 is 19.6 Å². The van der Waals surface area contributed by atoms with Crippen LogP contribution in [0, 0.1) is 11.8 Å². The standard InChI is InChI=1S/C22H32O2Si/c1-15-20-14-18(22(23)24-2)11-10-17(20)12-13-19(16-8-6-7-9-16)21(15)25(3,4)5/h10-11,14,16,19H,6-9,12-13H2,1-5H3. The zero-order valence-electron chi connectivity index (χ0n) is 16.4. The summed E-state index contributed by atoms with van der Waals surface area (Å²) < 4.78 is 4.94. The molecule has 0 aromatic heterocycles. The molecule has 136 valence electrons. The summed E-state index contributed by atoms with van der Waals surface area (Å²) in [6.07, 6.45) is 8.00. The van der Waals surface area contributed by atoms with E-state index in [0.29, 0.717) is 5.56 Å². The highest BCUT2D eigenvalue weighted by atomic mass is 28.3. The molecule has 2 aliphatic rings. The fraction of sp³-hybridized carbons (Fsp3) is 0.591. The fourth-order valence-electron chi connectivity index (χ4n) is 5.22. The summed E-state index contributed by atoms with van der Waals surface area (Å²) in [6.45, 7) is 9.77. The van der Waals surface area contributed by atoms with Crippen LogP contribution in [-0.4, -0.2) is 21.2 Å². The summed E-state index contributed by atoms with van der Waals surface area (Å²) in [7, 11) is 0.0185. The van der Waals surface area contributed by atoms with Gasteiger partial charge in [0.2, 0.25) is 0 Å². The van der Waals surface area contributed by atoms with E-state index in [1.54, 1.807) is 5.20 Å². The summed E-state index contributed by atoms with van der Waals surface area (Å²) in [5, 5.41) is 1.75. The Morgan fingerprint density at radius 3 is 2.40 bits per heavy atom. The van der Waals surface area contributed by atoms with Crippen molar-refractivity contribution in [1.82, 2.24) is 0 Å². The van der Waals surface area contributed by atoms with E-state index in [1.165, 1.54) is 55.9 Å². The van der Waals surface area contributed by atoms with Crippen LogP contribution in [0.15, 0.2) is 23.4 Å². The number of fused-ring (bicyclic) bond motifs is 1. The Morgan fingerprint density at radius 1 is 1.12 bits per heavy atom. The smallest absolute Gasteiger partial charge is 0.337 e. The zero-order valence-corrected chi connectivity index (χ0v) is 17.4. The van der Waals surface area contributed by atoms with Gasteiger partial charge in [-0.1, -0.05) is 43.7 Å². The fourth-order valence-corrected chi connectivity index (χ4v) is 7.97. The van der Waals surface area contributed by atoms with E-state index in [4.69, 9.17) is 4.74 Å². The maximum Gasteiger partial charge on any atom is 0.337 e. The predicted molar refractivity (Wildman–Crippen MR) is 107 cm³/mol. The van der Waals surface area contributed by atoms with E-state index in [-0.39, 0.29) is 5.97 Å². The number of benzene rings is 1. The van der Waals surface area contributed by atoms with E-state index in [0.717, 1.165) is 18.3 Å². The van der Waals surface area contributed by atoms with Crippen LogP contribution < -0.4 is 0 Å². The van der Waals surface area contributed by atoms with Gasteiger partial charge in [-0.15, -0.1) is 0 Å². The van der Waals surface area contributed by atoms with Gasteiger partial charge in [0, 0.05) is 0 Å². The number of rotatable bonds is 3. The van der Waals surface area contributed by atoms with Gasteiger partial charge in [-0.3, -0.25) is 0 Å². The second-order valence-electron chi connectivity index (χ2n) is 8.84. The van der Waals surface area contributed by atoms with Gasteiger partial charge in [-0.05, 0) is 73.3 Å². The van der Waals surface area contributed by atoms with Crippen molar-refractivity contribution in [3.63, 3.8) is 0 Å². The lowest BCUT2D eigenvalue weighted by molar-refractivity contribution is 0.0600. The number of hydrogen-bond acceptors (Lipinski definition) is 2. The molecule has 0 bridgehead atoms. The van der Waals surface area contributed by atoms with Gasteiger partial charge in [0.25, 0.3) is 0 Å². The summed E-state index contributed by atoms with van der Waals surface area (Å²) in [4.78, 5) is 12.0. The topological polar surface area (TPSA) is 26.3 Å². The summed E-state index contributed by atoms with van der Waals surface area (Å²) in [5.74, 6) is 1.37. The predicted octanol–water partition coefficient (Wildman–Crippen LogP) is 5.88. The third kappa shape index (κ3) is 3.62. The molecule has 3 rings (SSSR count). The van der Waals surface area contributed by atoms with Crippen molar-refractivity contribution in [3.8, 4) is 0 Å². The molecule has 0 saturated heterocycles.